The van der Waals surface area contributed by atoms with Gasteiger partial charge in [0.1, 0.15) is 17.0 Å². The molecule has 1 aromatic rings. The number of hydrogen-bond acceptors (Lipinski definition) is 4. The van der Waals surface area contributed by atoms with Gasteiger partial charge in [-0.3, -0.25) is 4.79 Å². The van der Waals surface area contributed by atoms with Crippen molar-refractivity contribution in [1.82, 2.24) is 10.1 Å². The van der Waals surface area contributed by atoms with Crippen molar-refractivity contribution in [3.8, 4) is 6.07 Å². The van der Waals surface area contributed by atoms with E-state index >= 15 is 0 Å². The summed E-state index contributed by atoms with van der Waals surface area (Å²) in [4.78, 5) is 14.5. The summed E-state index contributed by atoms with van der Waals surface area (Å²) in [5, 5.41) is 13.0. The van der Waals surface area contributed by atoms with Crippen molar-refractivity contribution < 1.29 is 9.32 Å². The van der Waals surface area contributed by atoms with Crippen molar-refractivity contribution in [2.45, 2.75) is 46.0 Å². The van der Waals surface area contributed by atoms with Crippen LogP contribution < -0.4 is 0 Å². The predicted octanol–water partition coefficient (Wildman–Crippen LogP) is 2.66. The molecular weight excluding hydrogens is 254 g/mol. The first-order valence-electron chi connectivity index (χ1n) is 7.00. The van der Waals surface area contributed by atoms with Crippen molar-refractivity contribution in [2.75, 3.05) is 13.1 Å². The van der Waals surface area contributed by atoms with Crippen molar-refractivity contribution in [3.05, 3.63) is 17.0 Å². The standard InChI is InChI=1S/C15H21N3O2/c1-10-12(13(17-20-10)15(2,3)4)14(19)18-7-5-11(9-16)6-8-18/h11H,5-8H2,1-4H3. The maximum atomic E-state index is 12.7. The van der Waals surface area contributed by atoms with Crippen molar-refractivity contribution in [2.24, 2.45) is 5.92 Å². The fraction of sp³-hybridized carbons (Fsp3) is 0.667. The van der Waals surface area contributed by atoms with Gasteiger partial charge >= 0.3 is 0 Å². The number of aromatic nitrogens is 1. The lowest BCUT2D eigenvalue weighted by molar-refractivity contribution is 0.0703. The van der Waals surface area contributed by atoms with Gasteiger partial charge < -0.3 is 9.42 Å². The minimum atomic E-state index is -0.228. The summed E-state index contributed by atoms with van der Waals surface area (Å²) in [6.07, 6.45) is 1.49. The third kappa shape index (κ3) is 2.69. The molecule has 2 heterocycles. The van der Waals surface area contributed by atoms with E-state index in [1.165, 1.54) is 0 Å². The number of carbonyl (C=O) groups is 1. The van der Waals surface area contributed by atoms with Crippen LogP contribution >= 0.6 is 0 Å². The summed E-state index contributed by atoms with van der Waals surface area (Å²) < 4.78 is 5.23. The molecule has 1 aromatic heterocycles. The molecule has 0 aliphatic carbocycles. The lowest BCUT2D eigenvalue weighted by Crippen LogP contribution is -2.39. The molecule has 0 N–H and O–H groups in total. The number of rotatable bonds is 1. The summed E-state index contributed by atoms with van der Waals surface area (Å²) in [5.74, 6) is 0.622. The molecule has 1 amide bonds. The Kier molecular flexibility index (Phi) is 3.85. The average molecular weight is 275 g/mol. The van der Waals surface area contributed by atoms with Crippen LogP contribution in [0, 0.1) is 24.2 Å². The van der Waals surface area contributed by atoms with Gasteiger partial charge in [0.15, 0.2) is 0 Å². The van der Waals surface area contributed by atoms with Crippen LogP contribution in [0.3, 0.4) is 0 Å². The highest BCUT2D eigenvalue weighted by Gasteiger charge is 2.32. The third-order valence-corrected chi connectivity index (χ3v) is 3.75. The summed E-state index contributed by atoms with van der Waals surface area (Å²) >= 11 is 0. The number of nitriles is 1. The first-order chi connectivity index (χ1) is 9.34. The van der Waals surface area contributed by atoms with E-state index in [1.807, 2.05) is 25.7 Å². The van der Waals surface area contributed by atoms with Gasteiger partial charge in [0.2, 0.25) is 0 Å². The molecule has 0 unspecified atom stereocenters. The molecule has 20 heavy (non-hydrogen) atoms. The van der Waals surface area contributed by atoms with Crippen LogP contribution in [-0.4, -0.2) is 29.1 Å². The zero-order valence-corrected chi connectivity index (χ0v) is 12.6. The molecule has 5 nitrogen and oxygen atoms in total. The smallest absolute Gasteiger partial charge is 0.259 e. The maximum absolute atomic E-state index is 12.7. The highest BCUT2D eigenvalue weighted by atomic mass is 16.5. The Morgan fingerprint density at radius 2 is 2.00 bits per heavy atom. The minimum Gasteiger partial charge on any atom is -0.361 e. The molecule has 0 spiro atoms. The fourth-order valence-corrected chi connectivity index (χ4v) is 2.51. The lowest BCUT2D eigenvalue weighted by Gasteiger charge is -2.29. The highest BCUT2D eigenvalue weighted by molar-refractivity contribution is 5.96. The van der Waals surface area contributed by atoms with Gasteiger partial charge in [-0.1, -0.05) is 25.9 Å². The van der Waals surface area contributed by atoms with Gasteiger partial charge in [0.05, 0.1) is 6.07 Å². The number of likely N-dealkylation sites (tertiary alicyclic amines) is 1. The summed E-state index contributed by atoms with van der Waals surface area (Å²) in [6, 6.07) is 2.28. The van der Waals surface area contributed by atoms with Gasteiger partial charge in [-0.2, -0.15) is 5.26 Å². The van der Waals surface area contributed by atoms with Crippen LogP contribution in [0.15, 0.2) is 4.52 Å². The van der Waals surface area contributed by atoms with Gasteiger partial charge in [-0.15, -0.1) is 0 Å². The Labute approximate surface area is 119 Å². The lowest BCUT2D eigenvalue weighted by atomic mass is 9.88. The summed E-state index contributed by atoms with van der Waals surface area (Å²) in [6.45, 7) is 9.09. The largest absolute Gasteiger partial charge is 0.361 e. The van der Waals surface area contributed by atoms with Gasteiger partial charge in [0, 0.05) is 24.4 Å². The van der Waals surface area contributed by atoms with Crippen LogP contribution in [0.2, 0.25) is 0 Å². The fourth-order valence-electron chi connectivity index (χ4n) is 2.51. The molecule has 0 aromatic carbocycles. The van der Waals surface area contributed by atoms with E-state index in [4.69, 9.17) is 9.78 Å². The third-order valence-electron chi connectivity index (χ3n) is 3.75. The first-order valence-corrected chi connectivity index (χ1v) is 7.00. The van der Waals surface area contributed by atoms with E-state index in [0.717, 1.165) is 12.8 Å². The molecule has 0 radical (unpaired) electrons. The zero-order valence-electron chi connectivity index (χ0n) is 12.6. The topological polar surface area (TPSA) is 70.1 Å². The second-order valence-corrected chi connectivity index (χ2v) is 6.41. The Morgan fingerprint density at radius 1 is 1.40 bits per heavy atom. The molecule has 0 atom stereocenters. The van der Waals surface area contributed by atoms with Crippen LogP contribution in [0.5, 0.6) is 0 Å². The Morgan fingerprint density at radius 3 is 2.50 bits per heavy atom. The van der Waals surface area contributed by atoms with Crippen LogP contribution in [-0.2, 0) is 5.41 Å². The second kappa shape index (κ2) is 5.28. The second-order valence-electron chi connectivity index (χ2n) is 6.41. The number of nitrogens with zero attached hydrogens (tertiary/aromatic N) is 3. The monoisotopic (exact) mass is 275 g/mol. The van der Waals surface area contributed by atoms with Gasteiger partial charge in [-0.05, 0) is 19.8 Å². The SMILES string of the molecule is Cc1onc(C(C)(C)C)c1C(=O)N1CCC(C#N)CC1. The predicted molar refractivity (Wildman–Crippen MR) is 74.2 cm³/mol. The van der Waals surface area contributed by atoms with E-state index in [1.54, 1.807) is 6.92 Å². The molecule has 1 saturated heterocycles. The number of piperidine rings is 1. The van der Waals surface area contributed by atoms with E-state index in [2.05, 4.69) is 11.2 Å². The zero-order chi connectivity index (χ0) is 14.9. The Bertz CT molecular complexity index is 540. The van der Waals surface area contributed by atoms with Crippen molar-refractivity contribution in [1.29, 1.82) is 5.26 Å². The maximum Gasteiger partial charge on any atom is 0.259 e. The molecule has 1 fully saturated rings. The minimum absolute atomic E-state index is 0.0231. The summed E-state index contributed by atoms with van der Waals surface area (Å²) in [7, 11) is 0. The van der Waals surface area contributed by atoms with E-state index < -0.39 is 0 Å². The highest BCUT2D eigenvalue weighted by Crippen LogP contribution is 2.29. The Balaban J connectivity index is 2.23. The van der Waals surface area contributed by atoms with Crippen molar-refractivity contribution >= 4 is 5.91 Å². The van der Waals surface area contributed by atoms with E-state index in [0.29, 0.717) is 30.1 Å². The normalized spacial score (nSPS) is 17.1. The quantitative estimate of drug-likeness (QED) is 0.790. The van der Waals surface area contributed by atoms with E-state index in [-0.39, 0.29) is 17.2 Å². The Hall–Kier alpha value is -1.83. The van der Waals surface area contributed by atoms with Gasteiger partial charge in [-0.25, -0.2) is 0 Å². The molecule has 2 rings (SSSR count). The first kappa shape index (κ1) is 14.6. The number of carbonyl (C=O) groups excluding carboxylic acids is 1. The molecule has 5 heteroatoms. The number of aryl methyl sites for hydroxylation is 1. The van der Waals surface area contributed by atoms with E-state index in [9.17, 15) is 4.79 Å². The van der Waals surface area contributed by atoms with Crippen molar-refractivity contribution in [3.63, 3.8) is 0 Å². The molecule has 108 valence electrons. The molecular formula is C15H21N3O2. The molecule has 1 aliphatic heterocycles. The number of hydrogen-bond donors (Lipinski definition) is 0. The molecule has 0 saturated carbocycles. The molecule has 0 bridgehead atoms. The summed E-state index contributed by atoms with van der Waals surface area (Å²) in [5.41, 5.74) is 1.07. The average Bonchev–Trinajstić information content (AvgIpc) is 2.80. The van der Waals surface area contributed by atoms with Crippen LogP contribution in [0.4, 0.5) is 0 Å². The van der Waals surface area contributed by atoms with Crippen LogP contribution in [0.1, 0.15) is 55.4 Å². The van der Waals surface area contributed by atoms with Gasteiger partial charge in [0.25, 0.3) is 5.91 Å². The number of amides is 1. The molecule has 1 aliphatic rings. The van der Waals surface area contributed by atoms with Crippen LogP contribution in [0.25, 0.3) is 0 Å².